The van der Waals surface area contributed by atoms with Crippen molar-refractivity contribution in [2.45, 2.75) is 19.9 Å². The highest BCUT2D eigenvalue weighted by Gasteiger charge is 2.19. The van der Waals surface area contributed by atoms with E-state index in [0.717, 1.165) is 0 Å². The molecule has 0 fully saturated rings. The van der Waals surface area contributed by atoms with Crippen molar-refractivity contribution < 1.29 is 18.7 Å². The van der Waals surface area contributed by atoms with Crippen molar-refractivity contribution in [3.05, 3.63) is 71.9 Å². The molecule has 0 spiro atoms. The lowest BCUT2D eigenvalue weighted by Crippen LogP contribution is -2.30. The normalized spacial score (nSPS) is 10.8. The van der Waals surface area contributed by atoms with Gasteiger partial charge in [0.05, 0.1) is 36.1 Å². The first-order chi connectivity index (χ1) is 18.2. The molecule has 38 heavy (non-hydrogen) atoms. The molecule has 4 aromatic rings. The summed E-state index contributed by atoms with van der Waals surface area (Å²) in [6.45, 7) is 3.64. The molecule has 194 valence electrons. The molecule has 0 saturated carbocycles. The lowest BCUT2D eigenvalue weighted by molar-refractivity contribution is 0.0942. The molecule has 0 aliphatic heterocycles. The fourth-order valence-corrected chi connectivity index (χ4v) is 3.59. The van der Waals surface area contributed by atoms with Crippen molar-refractivity contribution in [2.24, 2.45) is 0 Å². The van der Waals surface area contributed by atoms with Gasteiger partial charge in [0.25, 0.3) is 11.8 Å². The van der Waals surface area contributed by atoms with Gasteiger partial charge in [0.1, 0.15) is 5.82 Å². The van der Waals surface area contributed by atoms with Gasteiger partial charge in [-0.3, -0.25) is 14.6 Å². The zero-order chi connectivity index (χ0) is 27.4. The minimum absolute atomic E-state index is 0.0154. The molecule has 0 unspecified atom stereocenters. The van der Waals surface area contributed by atoms with E-state index in [1.165, 1.54) is 49.8 Å². The van der Waals surface area contributed by atoms with Crippen molar-refractivity contribution in [2.75, 3.05) is 23.9 Å². The maximum atomic E-state index is 14.8. The largest absolute Gasteiger partial charge is 0.481 e. The van der Waals surface area contributed by atoms with Gasteiger partial charge >= 0.3 is 0 Å². The quantitative estimate of drug-likeness (QED) is 0.288. The number of carbonyl (C=O) groups is 2. The Morgan fingerprint density at radius 1 is 0.947 bits per heavy atom. The topological polar surface area (TPSA) is 171 Å². The molecular formula is C26H25FN8O3. The van der Waals surface area contributed by atoms with E-state index in [-0.39, 0.29) is 52.0 Å². The maximum Gasteiger partial charge on any atom is 0.276 e. The first kappa shape index (κ1) is 25.9. The van der Waals surface area contributed by atoms with Crippen LogP contribution in [0.15, 0.2) is 54.9 Å². The standard InChI is InChI=1S/C26H25FN8O3/c1-13(2)31-24(36)14-4-5-17(27)16(10-14)19-7-6-18(28)23(32-19)25(37)33-21-12-30-9-8-15(21)20-11-22(38-3)35-26(29)34-20/h4-13H,28H2,1-3H3,(H,31,36)(H,33,37)(H2,29,34,35). The molecule has 3 heterocycles. The number of carbonyl (C=O) groups excluding carboxylic acids is 2. The summed E-state index contributed by atoms with van der Waals surface area (Å²) in [5, 5.41) is 5.48. The van der Waals surface area contributed by atoms with Gasteiger partial charge in [-0.15, -0.1) is 0 Å². The lowest BCUT2D eigenvalue weighted by atomic mass is 10.0. The molecule has 0 saturated heterocycles. The Morgan fingerprint density at radius 3 is 2.47 bits per heavy atom. The number of benzene rings is 1. The molecule has 0 radical (unpaired) electrons. The summed E-state index contributed by atoms with van der Waals surface area (Å²) in [4.78, 5) is 42.2. The summed E-state index contributed by atoms with van der Waals surface area (Å²) in [5.74, 6) is -1.41. The Kier molecular flexibility index (Phi) is 7.42. The maximum absolute atomic E-state index is 14.8. The van der Waals surface area contributed by atoms with E-state index < -0.39 is 11.7 Å². The van der Waals surface area contributed by atoms with Crippen molar-refractivity contribution in [1.82, 2.24) is 25.3 Å². The van der Waals surface area contributed by atoms with Crippen molar-refractivity contribution >= 4 is 29.1 Å². The Hall–Kier alpha value is -5.13. The van der Waals surface area contributed by atoms with Crippen LogP contribution in [0.5, 0.6) is 5.88 Å². The number of aromatic nitrogens is 4. The average molecular weight is 517 g/mol. The number of ether oxygens (including phenoxy) is 1. The van der Waals surface area contributed by atoms with Crippen molar-refractivity contribution in [3.63, 3.8) is 0 Å². The smallest absolute Gasteiger partial charge is 0.276 e. The van der Waals surface area contributed by atoms with E-state index >= 15 is 0 Å². The second-order valence-corrected chi connectivity index (χ2v) is 8.49. The van der Waals surface area contributed by atoms with E-state index in [1.807, 2.05) is 13.8 Å². The minimum atomic E-state index is -0.665. The van der Waals surface area contributed by atoms with Crippen LogP contribution in [0.25, 0.3) is 22.5 Å². The van der Waals surface area contributed by atoms with Gasteiger partial charge in [-0.25, -0.2) is 14.4 Å². The number of anilines is 3. The van der Waals surface area contributed by atoms with E-state index in [1.54, 1.807) is 12.1 Å². The van der Waals surface area contributed by atoms with Crippen LogP contribution < -0.4 is 26.8 Å². The van der Waals surface area contributed by atoms with E-state index in [0.29, 0.717) is 16.9 Å². The number of pyridine rings is 2. The predicted octanol–water partition coefficient (Wildman–Crippen LogP) is 3.30. The molecule has 0 bridgehead atoms. The van der Waals surface area contributed by atoms with E-state index in [9.17, 15) is 14.0 Å². The number of amides is 2. The van der Waals surface area contributed by atoms with Gasteiger partial charge in [-0.1, -0.05) is 0 Å². The highest BCUT2D eigenvalue weighted by Crippen LogP contribution is 2.29. The summed E-state index contributed by atoms with van der Waals surface area (Å²) in [7, 11) is 1.44. The van der Waals surface area contributed by atoms with Crippen LogP contribution in [0.4, 0.5) is 21.7 Å². The first-order valence-corrected chi connectivity index (χ1v) is 11.5. The van der Waals surface area contributed by atoms with Crippen LogP contribution in [-0.4, -0.2) is 44.9 Å². The number of hydrogen-bond donors (Lipinski definition) is 4. The van der Waals surface area contributed by atoms with E-state index in [4.69, 9.17) is 16.2 Å². The first-order valence-electron chi connectivity index (χ1n) is 11.5. The van der Waals surface area contributed by atoms with Gasteiger partial charge in [0.15, 0.2) is 5.69 Å². The molecule has 4 rings (SSSR count). The van der Waals surface area contributed by atoms with Gasteiger partial charge < -0.3 is 26.8 Å². The number of halogens is 1. The van der Waals surface area contributed by atoms with Crippen LogP contribution >= 0.6 is 0 Å². The monoisotopic (exact) mass is 516 g/mol. The minimum Gasteiger partial charge on any atom is -0.481 e. The molecule has 0 atom stereocenters. The number of nitrogens with zero attached hydrogens (tertiary/aromatic N) is 4. The third kappa shape index (κ3) is 5.64. The van der Waals surface area contributed by atoms with Gasteiger partial charge in [0, 0.05) is 35.0 Å². The Balaban J connectivity index is 1.68. The molecule has 3 aromatic heterocycles. The van der Waals surface area contributed by atoms with Gasteiger partial charge in [-0.05, 0) is 50.2 Å². The predicted molar refractivity (Wildman–Crippen MR) is 141 cm³/mol. The Labute approximate surface area is 217 Å². The molecular weight excluding hydrogens is 491 g/mol. The van der Waals surface area contributed by atoms with Crippen molar-refractivity contribution in [1.29, 1.82) is 0 Å². The molecule has 0 aliphatic rings. The summed E-state index contributed by atoms with van der Waals surface area (Å²) < 4.78 is 19.9. The molecule has 1 aromatic carbocycles. The molecule has 6 N–H and O–H groups in total. The highest BCUT2D eigenvalue weighted by atomic mass is 19.1. The van der Waals surface area contributed by atoms with Crippen LogP contribution in [0.2, 0.25) is 0 Å². The number of hydrogen-bond acceptors (Lipinski definition) is 9. The summed E-state index contributed by atoms with van der Waals surface area (Å²) in [5.41, 5.74) is 13.3. The van der Waals surface area contributed by atoms with E-state index in [2.05, 4.69) is 30.6 Å². The fraction of sp³-hybridized carbons (Fsp3) is 0.154. The SMILES string of the molecule is COc1cc(-c2ccncc2NC(=O)c2nc(-c3cc(C(=O)NC(C)C)ccc3F)ccc2N)nc(N)n1. The van der Waals surface area contributed by atoms with Gasteiger partial charge in [0.2, 0.25) is 11.8 Å². The number of rotatable bonds is 7. The third-order valence-corrected chi connectivity index (χ3v) is 5.34. The lowest BCUT2D eigenvalue weighted by Gasteiger charge is -2.13. The fourth-order valence-electron chi connectivity index (χ4n) is 3.59. The summed E-state index contributed by atoms with van der Waals surface area (Å²) >= 11 is 0. The van der Waals surface area contributed by atoms with Gasteiger partial charge in [-0.2, -0.15) is 4.98 Å². The second-order valence-electron chi connectivity index (χ2n) is 8.49. The van der Waals surface area contributed by atoms with Crippen LogP contribution in [-0.2, 0) is 0 Å². The highest BCUT2D eigenvalue weighted by molar-refractivity contribution is 6.08. The summed E-state index contributed by atoms with van der Waals surface area (Å²) in [6, 6.07) is 9.93. The van der Waals surface area contributed by atoms with Crippen LogP contribution in [0.3, 0.4) is 0 Å². The van der Waals surface area contributed by atoms with Crippen molar-refractivity contribution in [3.8, 4) is 28.4 Å². The Bertz CT molecular complexity index is 1530. The number of methoxy groups -OCH3 is 1. The Morgan fingerprint density at radius 2 is 1.74 bits per heavy atom. The zero-order valence-electron chi connectivity index (χ0n) is 20.8. The summed E-state index contributed by atoms with van der Waals surface area (Å²) in [6.07, 6.45) is 2.95. The van der Waals surface area contributed by atoms with Crippen LogP contribution in [0.1, 0.15) is 34.7 Å². The molecule has 11 nitrogen and oxygen atoms in total. The third-order valence-electron chi connectivity index (χ3n) is 5.34. The molecule has 12 heteroatoms. The number of nitrogens with two attached hydrogens (primary N) is 2. The molecule has 0 aliphatic carbocycles. The van der Waals surface area contributed by atoms with Crippen LogP contribution in [0, 0.1) is 5.82 Å². The number of nitrogen functional groups attached to an aromatic ring is 2. The molecule has 2 amide bonds. The second kappa shape index (κ2) is 10.9. The average Bonchev–Trinajstić information content (AvgIpc) is 2.88. The zero-order valence-corrected chi connectivity index (χ0v) is 20.8. The number of nitrogens with one attached hydrogen (secondary N) is 2.